The van der Waals surface area contributed by atoms with Gasteiger partial charge in [-0.15, -0.1) is 0 Å². The molecule has 2 atom stereocenters. The molecule has 2 aliphatic rings. The van der Waals surface area contributed by atoms with E-state index in [9.17, 15) is 0 Å². The van der Waals surface area contributed by atoms with Crippen LogP contribution in [0, 0.1) is 0 Å². The van der Waals surface area contributed by atoms with Crippen LogP contribution in [-0.2, 0) is 0 Å². The monoisotopic (exact) mass is 292 g/mol. The van der Waals surface area contributed by atoms with Crippen LogP contribution in [0.1, 0.15) is 19.8 Å². The van der Waals surface area contributed by atoms with Crippen LogP contribution in [0.15, 0.2) is 29.3 Å². The van der Waals surface area contributed by atoms with Gasteiger partial charge in [0.25, 0.3) is 0 Å². The van der Waals surface area contributed by atoms with E-state index < -0.39 is 0 Å². The number of halogens is 1. The van der Waals surface area contributed by atoms with Gasteiger partial charge in [-0.05, 0) is 38.9 Å². The third-order valence-corrected chi connectivity index (χ3v) is 5.01. The fourth-order valence-electron chi connectivity index (χ4n) is 3.38. The van der Waals surface area contributed by atoms with Gasteiger partial charge >= 0.3 is 0 Å². The Hall–Kier alpha value is -1.26. The van der Waals surface area contributed by atoms with Crippen LogP contribution in [0.4, 0.5) is 5.69 Å². The number of hydrogen-bond donors (Lipinski definition) is 1. The van der Waals surface area contributed by atoms with Crippen molar-refractivity contribution in [1.82, 2.24) is 4.90 Å². The lowest BCUT2D eigenvalue weighted by atomic mass is 9.82. The van der Waals surface area contributed by atoms with Crippen LogP contribution in [0.2, 0.25) is 5.02 Å². The van der Waals surface area contributed by atoms with E-state index in [2.05, 4.69) is 28.8 Å². The summed E-state index contributed by atoms with van der Waals surface area (Å²) in [7, 11) is 2.18. The lowest BCUT2D eigenvalue weighted by Crippen LogP contribution is -2.59. The summed E-state index contributed by atoms with van der Waals surface area (Å²) in [5.74, 6) is 0.592. The van der Waals surface area contributed by atoms with Gasteiger partial charge in [0.2, 0.25) is 0 Å². The number of para-hydroxylation sites is 1. The van der Waals surface area contributed by atoms with Crippen molar-refractivity contribution < 1.29 is 0 Å². The Morgan fingerprint density at radius 1 is 1.40 bits per heavy atom. The minimum Gasteiger partial charge on any atom is -0.369 e. The molecule has 0 aromatic heterocycles. The minimum atomic E-state index is -0.0129. The van der Waals surface area contributed by atoms with Gasteiger partial charge in [0.1, 0.15) is 0 Å². The number of likely N-dealkylation sites (tertiary alicyclic amines) is 1. The summed E-state index contributed by atoms with van der Waals surface area (Å²) in [4.78, 5) is 9.07. The quantitative estimate of drug-likeness (QED) is 0.864. The molecule has 1 aromatic carbocycles. The highest BCUT2D eigenvalue weighted by Gasteiger charge is 2.47. The first-order valence-electron chi connectivity index (χ1n) is 7.08. The maximum absolute atomic E-state index is 6.37. The molecule has 20 heavy (non-hydrogen) atoms. The van der Waals surface area contributed by atoms with E-state index in [0.29, 0.717) is 12.0 Å². The molecule has 0 aliphatic carbocycles. The summed E-state index contributed by atoms with van der Waals surface area (Å²) < 4.78 is 0. The van der Waals surface area contributed by atoms with E-state index in [-0.39, 0.29) is 5.54 Å². The Morgan fingerprint density at radius 2 is 2.15 bits per heavy atom. The maximum Gasteiger partial charge on any atom is 0.196 e. The molecule has 108 valence electrons. The molecule has 1 spiro atoms. The van der Waals surface area contributed by atoms with Crippen molar-refractivity contribution in [2.24, 2.45) is 10.7 Å². The first-order valence-corrected chi connectivity index (χ1v) is 7.46. The van der Waals surface area contributed by atoms with Gasteiger partial charge in [-0.1, -0.05) is 23.7 Å². The third kappa shape index (κ3) is 2.07. The van der Waals surface area contributed by atoms with Crippen LogP contribution in [0.3, 0.4) is 0 Å². The largest absolute Gasteiger partial charge is 0.369 e. The number of aliphatic imine (C=N–C) groups is 1. The zero-order valence-electron chi connectivity index (χ0n) is 12.0. The number of anilines is 1. The van der Waals surface area contributed by atoms with Gasteiger partial charge in [0.05, 0.1) is 22.8 Å². The second-order valence-corrected chi connectivity index (χ2v) is 6.38. The Labute approximate surface area is 125 Å². The number of guanidine groups is 1. The summed E-state index contributed by atoms with van der Waals surface area (Å²) >= 11 is 6.37. The molecule has 1 aromatic rings. The number of rotatable bonds is 1. The van der Waals surface area contributed by atoms with Gasteiger partial charge in [-0.2, -0.15) is 0 Å². The van der Waals surface area contributed by atoms with Crippen molar-refractivity contribution in [1.29, 1.82) is 0 Å². The number of piperidine rings is 1. The van der Waals surface area contributed by atoms with E-state index in [1.54, 1.807) is 0 Å². The van der Waals surface area contributed by atoms with Crippen molar-refractivity contribution in [3.63, 3.8) is 0 Å². The van der Waals surface area contributed by atoms with Crippen molar-refractivity contribution in [3.05, 3.63) is 29.3 Å². The second-order valence-electron chi connectivity index (χ2n) is 5.97. The van der Waals surface area contributed by atoms with E-state index in [4.69, 9.17) is 17.3 Å². The van der Waals surface area contributed by atoms with E-state index in [1.165, 1.54) is 0 Å². The molecular formula is C15H21ClN4. The highest BCUT2D eigenvalue weighted by atomic mass is 35.5. The molecule has 2 heterocycles. The van der Waals surface area contributed by atoms with E-state index in [0.717, 1.165) is 36.6 Å². The molecule has 5 heteroatoms. The molecule has 0 bridgehead atoms. The molecule has 0 saturated carbocycles. The Bertz CT molecular complexity index is 544. The van der Waals surface area contributed by atoms with Crippen LogP contribution in [0.25, 0.3) is 0 Å². The molecule has 4 nitrogen and oxygen atoms in total. The first-order chi connectivity index (χ1) is 9.53. The topological polar surface area (TPSA) is 44.9 Å². The number of nitrogens with two attached hydrogens (primary N) is 1. The molecule has 0 radical (unpaired) electrons. The second kappa shape index (κ2) is 4.93. The van der Waals surface area contributed by atoms with Gasteiger partial charge < -0.3 is 15.5 Å². The Balaban J connectivity index is 1.99. The summed E-state index contributed by atoms with van der Waals surface area (Å²) in [5.41, 5.74) is 7.13. The predicted molar refractivity (Wildman–Crippen MR) is 84.5 cm³/mol. The Kier molecular flexibility index (Phi) is 3.38. The average molecular weight is 293 g/mol. The van der Waals surface area contributed by atoms with Gasteiger partial charge in [0, 0.05) is 12.6 Å². The molecule has 2 unspecified atom stereocenters. The van der Waals surface area contributed by atoms with Crippen LogP contribution in [0.5, 0.6) is 0 Å². The summed E-state index contributed by atoms with van der Waals surface area (Å²) in [5, 5.41) is 0.735. The lowest BCUT2D eigenvalue weighted by Gasteiger charge is -2.47. The average Bonchev–Trinajstić information content (AvgIpc) is 2.73. The fourth-order valence-corrected chi connectivity index (χ4v) is 3.60. The molecule has 0 amide bonds. The molecule has 2 aliphatic heterocycles. The predicted octanol–water partition coefficient (Wildman–Crippen LogP) is 2.33. The van der Waals surface area contributed by atoms with Crippen molar-refractivity contribution in [3.8, 4) is 0 Å². The molecule has 1 fully saturated rings. The van der Waals surface area contributed by atoms with Crippen LogP contribution in [-0.4, -0.2) is 42.6 Å². The van der Waals surface area contributed by atoms with E-state index >= 15 is 0 Å². The van der Waals surface area contributed by atoms with Crippen LogP contribution >= 0.6 is 11.6 Å². The SMILES string of the molecule is CC1CC2(CCN1C)CN=C(N)N2c1ccccc1Cl. The van der Waals surface area contributed by atoms with Crippen LogP contribution < -0.4 is 10.6 Å². The summed E-state index contributed by atoms with van der Waals surface area (Å²) in [6.45, 7) is 4.09. The fraction of sp³-hybridized carbons (Fsp3) is 0.533. The van der Waals surface area contributed by atoms with Crippen molar-refractivity contribution in [2.45, 2.75) is 31.3 Å². The lowest BCUT2D eigenvalue weighted by molar-refractivity contribution is 0.141. The highest BCUT2D eigenvalue weighted by molar-refractivity contribution is 6.34. The number of nitrogens with zero attached hydrogens (tertiary/aromatic N) is 3. The zero-order chi connectivity index (χ0) is 14.3. The van der Waals surface area contributed by atoms with E-state index in [1.807, 2.05) is 24.3 Å². The minimum absolute atomic E-state index is 0.0129. The smallest absolute Gasteiger partial charge is 0.196 e. The van der Waals surface area contributed by atoms with Crippen molar-refractivity contribution >= 4 is 23.2 Å². The normalized spacial score (nSPS) is 30.9. The van der Waals surface area contributed by atoms with Gasteiger partial charge in [-0.3, -0.25) is 4.99 Å². The highest BCUT2D eigenvalue weighted by Crippen LogP contribution is 2.40. The Morgan fingerprint density at radius 3 is 2.85 bits per heavy atom. The number of benzene rings is 1. The molecule has 3 rings (SSSR count). The third-order valence-electron chi connectivity index (χ3n) is 4.69. The zero-order valence-corrected chi connectivity index (χ0v) is 12.8. The first kappa shape index (κ1) is 13.7. The number of hydrogen-bond acceptors (Lipinski definition) is 4. The summed E-state index contributed by atoms with van der Waals surface area (Å²) in [6, 6.07) is 8.41. The van der Waals surface area contributed by atoms with Gasteiger partial charge in [-0.25, -0.2) is 0 Å². The van der Waals surface area contributed by atoms with Crippen molar-refractivity contribution in [2.75, 3.05) is 25.0 Å². The molecule has 1 saturated heterocycles. The maximum atomic E-state index is 6.37. The molecular weight excluding hydrogens is 272 g/mol. The van der Waals surface area contributed by atoms with Gasteiger partial charge in [0.15, 0.2) is 5.96 Å². The standard InChI is InChI=1S/C15H21ClN4/c1-11-9-15(7-8-19(11)2)10-18-14(17)20(15)13-6-4-3-5-12(13)16/h3-6,11H,7-10H2,1-2H3,(H2,17,18). The summed E-state index contributed by atoms with van der Waals surface area (Å²) in [6.07, 6.45) is 2.11. The molecule has 2 N–H and O–H groups in total.